The molecule has 0 saturated heterocycles. The summed E-state index contributed by atoms with van der Waals surface area (Å²) in [7, 11) is 0. The number of allylic oxidation sites excluding steroid dienone is 2. The Kier molecular flexibility index (Phi) is 3.03. The summed E-state index contributed by atoms with van der Waals surface area (Å²) in [6.45, 7) is 2.18. The van der Waals surface area contributed by atoms with E-state index in [0.717, 1.165) is 5.92 Å². The Morgan fingerprint density at radius 3 is 2.43 bits per heavy atom. The van der Waals surface area contributed by atoms with Crippen LogP contribution in [-0.4, -0.2) is 0 Å². The molecular weight excluding hydrogens is 168 g/mol. The molecule has 0 unspecified atom stereocenters. The number of aryl methyl sites for hydroxylation is 1. The predicted molar refractivity (Wildman–Crippen MR) is 61.5 cm³/mol. The highest BCUT2D eigenvalue weighted by molar-refractivity contribution is 5.25. The molecule has 0 aromatic heterocycles. The largest absolute Gasteiger partial charge is 0.0885 e. The molecule has 0 nitrogen and oxygen atoms in total. The summed E-state index contributed by atoms with van der Waals surface area (Å²) in [5.74, 6) is 0.782. The smallest absolute Gasteiger partial charge is 0.0156 e. The van der Waals surface area contributed by atoms with Crippen molar-refractivity contribution in [1.82, 2.24) is 0 Å². The zero-order chi connectivity index (χ0) is 9.80. The molecule has 1 aromatic carbocycles. The van der Waals surface area contributed by atoms with Crippen molar-refractivity contribution in [3.63, 3.8) is 0 Å². The Hall–Kier alpha value is -1.04. The second-order valence-electron chi connectivity index (χ2n) is 4.24. The lowest BCUT2D eigenvalue weighted by molar-refractivity contribution is 0.603. The van der Waals surface area contributed by atoms with Gasteiger partial charge in [-0.1, -0.05) is 42.0 Å². The molecule has 0 saturated carbocycles. The lowest BCUT2D eigenvalue weighted by Crippen LogP contribution is -1.97. The molecule has 74 valence electrons. The number of rotatable bonds is 1. The minimum atomic E-state index is 0.782. The maximum atomic E-state index is 2.34. The van der Waals surface area contributed by atoms with Crippen LogP contribution in [0.15, 0.2) is 36.4 Å². The first kappa shape index (κ1) is 9.51. The zero-order valence-electron chi connectivity index (χ0n) is 8.87. The third kappa shape index (κ3) is 2.25. The van der Waals surface area contributed by atoms with Gasteiger partial charge in [0.05, 0.1) is 0 Å². The van der Waals surface area contributed by atoms with Gasteiger partial charge in [-0.15, -0.1) is 0 Å². The molecule has 0 amide bonds. The number of benzene rings is 1. The Bertz CT molecular complexity index is 313. The van der Waals surface area contributed by atoms with E-state index in [1.165, 1.54) is 36.8 Å². The molecule has 0 atom stereocenters. The predicted octanol–water partition coefficient (Wildman–Crippen LogP) is 4.21. The number of hydrogen-bond acceptors (Lipinski definition) is 0. The van der Waals surface area contributed by atoms with E-state index in [0.29, 0.717) is 0 Å². The quantitative estimate of drug-likeness (QED) is 0.576. The molecule has 0 N–H and O–H groups in total. The van der Waals surface area contributed by atoms with Crippen LogP contribution in [0, 0.1) is 6.92 Å². The molecule has 0 heteroatoms. The molecule has 0 heterocycles. The summed E-state index contributed by atoms with van der Waals surface area (Å²) in [5.41, 5.74) is 2.92. The van der Waals surface area contributed by atoms with Gasteiger partial charge in [-0.2, -0.15) is 0 Å². The number of hydrogen-bond donors (Lipinski definition) is 0. The van der Waals surface area contributed by atoms with Crippen molar-refractivity contribution in [2.75, 3.05) is 0 Å². The van der Waals surface area contributed by atoms with Crippen LogP contribution in [-0.2, 0) is 0 Å². The third-order valence-corrected chi connectivity index (χ3v) is 3.04. The lowest BCUT2D eigenvalue weighted by atomic mass is 9.91. The SMILES string of the molecule is Cc1cccc(C2CCC=CCC2)c1. The highest BCUT2D eigenvalue weighted by atomic mass is 14.2. The Morgan fingerprint density at radius 2 is 1.79 bits per heavy atom. The summed E-state index contributed by atoms with van der Waals surface area (Å²) in [4.78, 5) is 0. The standard InChI is InChI=1S/C14H18/c1-12-7-6-10-14(11-12)13-8-4-2-3-5-9-13/h2-3,6-7,10-11,13H,4-5,8-9H2,1H3. The topological polar surface area (TPSA) is 0 Å². The van der Waals surface area contributed by atoms with Gasteiger partial charge in [0.25, 0.3) is 0 Å². The Labute approximate surface area is 86.7 Å². The van der Waals surface area contributed by atoms with E-state index in [1.807, 2.05) is 0 Å². The summed E-state index contributed by atoms with van der Waals surface area (Å²) >= 11 is 0. The second kappa shape index (κ2) is 4.45. The minimum Gasteiger partial charge on any atom is -0.0885 e. The Morgan fingerprint density at radius 1 is 1.07 bits per heavy atom. The fraction of sp³-hybridized carbons (Fsp3) is 0.429. The average molecular weight is 186 g/mol. The highest BCUT2D eigenvalue weighted by Crippen LogP contribution is 2.29. The Balaban J connectivity index is 2.14. The molecule has 2 rings (SSSR count). The van der Waals surface area contributed by atoms with Crippen LogP contribution in [0.5, 0.6) is 0 Å². The van der Waals surface area contributed by atoms with Crippen LogP contribution in [0.25, 0.3) is 0 Å². The van der Waals surface area contributed by atoms with Crippen LogP contribution in [0.1, 0.15) is 42.7 Å². The van der Waals surface area contributed by atoms with Gasteiger partial charge in [-0.05, 0) is 44.1 Å². The van der Waals surface area contributed by atoms with Crippen LogP contribution in [0.4, 0.5) is 0 Å². The van der Waals surface area contributed by atoms with E-state index < -0.39 is 0 Å². The average Bonchev–Trinajstić information content (AvgIpc) is 2.45. The van der Waals surface area contributed by atoms with E-state index in [1.54, 1.807) is 0 Å². The molecule has 1 aliphatic carbocycles. The first-order valence-electron chi connectivity index (χ1n) is 5.58. The summed E-state index contributed by atoms with van der Waals surface area (Å²) in [6.07, 6.45) is 9.79. The van der Waals surface area contributed by atoms with E-state index in [2.05, 4.69) is 43.3 Å². The van der Waals surface area contributed by atoms with Crippen molar-refractivity contribution in [1.29, 1.82) is 0 Å². The van der Waals surface area contributed by atoms with E-state index in [4.69, 9.17) is 0 Å². The van der Waals surface area contributed by atoms with Crippen LogP contribution >= 0.6 is 0 Å². The molecule has 14 heavy (non-hydrogen) atoms. The molecule has 0 radical (unpaired) electrons. The molecular formula is C14H18. The maximum Gasteiger partial charge on any atom is -0.0156 e. The van der Waals surface area contributed by atoms with Gasteiger partial charge in [0.2, 0.25) is 0 Å². The normalized spacial score (nSPS) is 18.1. The summed E-state index contributed by atoms with van der Waals surface area (Å²) in [5, 5.41) is 0. The van der Waals surface area contributed by atoms with E-state index >= 15 is 0 Å². The maximum absolute atomic E-state index is 2.34. The highest BCUT2D eigenvalue weighted by Gasteiger charge is 2.11. The van der Waals surface area contributed by atoms with Gasteiger partial charge in [-0.3, -0.25) is 0 Å². The van der Waals surface area contributed by atoms with Crippen molar-refractivity contribution >= 4 is 0 Å². The van der Waals surface area contributed by atoms with Crippen molar-refractivity contribution in [2.45, 2.75) is 38.5 Å². The van der Waals surface area contributed by atoms with Crippen LogP contribution in [0.3, 0.4) is 0 Å². The summed E-state index contributed by atoms with van der Waals surface area (Å²) < 4.78 is 0. The molecule has 0 bridgehead atoms. The van der Waals surface area contributed by atoms with Crippen molar-refractivity contribution in [3.8, 4) is 0 Å². The first-order valence-corrected chi connectivity index (χ1v) is 5.58. The molecule has 0 spiro atoms. The molecule has 1 aliphatic rings. The van der Waals surface area contributed by atoms with E-state index in [-0.39, 0.29) is 0 Å². The van der Waals surface area contributed by atoms with Gasteiger partial charge in [-0.25, -0.2) is 0 Å². The van der Waals surface area contributed by atoms with Gasteiger partial charge in [0.15, 0.2) is 0 Å². The fourth-order valence-corrected chi connectivity index (χ4v) is 2.23. The second-order valence-corrected chi connectivity index (χ2v) is 4.24. The monoisotopic (exact) mass is 186 g/mol. The van der Waals surface area contributed by atoms with Crippen LogP contribution < -0.4 is 0 Å². The molecule has 1 aromatic rings. The van der Waals surface area contributed by atoms with Gasteiger partial charge in [0, 0.05) is 0 Å². The fourth-order valence-electron chi connectivity index (χ4n) is 2.23. The van der Waals surface area contributed by atoms with Gasteiger partial charge < -0.3 is 0 Å². The third-order valence-electron chi connectivity index (χ3n) is 3.04. The first-order chi connectivity index (χ1) is 6.86. The molecule has 0 aliphatic heterocycles. The lowest BCUT2D eigenvalue weighted by Gasteiger charge is -2.14. The minimum absolute atomic E-state index is 0.782. The van der Waals surface area contributed by atoms with E-state index in [9.17, 15) is 0 Å². The van der Waals surface area contributed by atoms with Crippen molar-refractivity contribution in [3.05, 3.63) is 47.5 Å². The van der Waals surface area contributed by atoms with Gasteiger partial charge >= 0.3 is 0 Å². The van der Waals surface area contributed by atoms with Crippen molar-refractivity contribution < 1.29 is 0 Å². The van der Waals surface area contributed by atoms with Crippen molar-refractivity contribution in [2.24, 2.45) is 0 Å². The summed E-state index contributed by atoms with van der Waals surface area (Å²) in [6, 6.07) is 8.99. The van der Waals surface area contributed by atoms with Gasteiger partial charge in [0.1, 0.15) is 0 Å². The molecule has 0 fully saturated rings. The zero-order valence-corrected chi connectivity index (χ0v) is 8.87. The van der Waals surface area contributed by atoms with Crippen LogP contribution in [0.2, 0.25) is 0 Å².